The number of hydrogen-bond donors (Lipinski definition) is 1. The summed E-state index contributed by atoms with van der Waals surface area (Å²) in [6, 6.07) is 0. The minimum Gasteiger partial charge on any atom is -0.317 e. The predicted molar refractivity (Wildman–Crippen MR) is 180 cm³/mol. The topological polar surface area (TPSA) is 15.3 Å². The maximum Gasteiger partial charge on any atom is -0.00248 e. The zero-order chi connectivity index (χ0) is 28.3. The molecule has 0 aromatic carbocycles. The Morgan fingerprint density at radius 1 is 0.308 bits per heavy atom. The zero-order valence-corrected chi connectivity index (χ0v) is 28.0. The maximum atomic E-state index is 3.66. The Morgan fingerprint density at radius 2 is 0.538 bits per heavy atom. The second-order valence-corrected chi connectivity index (χ2v) is 13.2. The molecule has 0 atom stereocenters. The fraction of sp³-hybridized carbons (Fsp3) is 1.00. The lowest BCUT2D eigenvalue weighted by atomic mass is 10.0. The van der Waals surface area contributed by atoms with E-state index in [1.807, 2.05) is 0 Å². The standard InChI is InChI=1S/C37H78N2/c1-4-5-6-7-8-26-29-32-35-38-36-33-30-27-24-22-20-18-16-14-12-10-9-11-13-15-17-19-21-23-25-28-31-34-37-39(2)3/h38H,4-37H2,1-3H3. The van der Waals surface area contributed by atoms with E-state index in [4.69, 9.17) is 0 Å². The third-order valence-electron chi connectivity index (χ3n) is 8.67. The average Bonchev–Trinajstić information content (AvgIpc) is 2.93. The van der Waals surface area contributed by atoms with Gasteiger partial charge >= 0.3 is 0 Å². The largest absolute Gasteiger partial charge is 0.317 e. The highest BCUT2D eigenvalue weighted by Crippen LogP contribution is 2.15. The minimum absolute atomic E-state index is 1.24. The van der Waals surface area contributed by atoms with E-state index in [0.717, 1.165) is 0 Å². The summed E-state index contributed by atoms with van der Waals surface area (Å²) in [5.41, 5.74) is 0. The summed E-state index contributed by atoms with van der Waals surface area (Å²) in [7, 11) is 4.37. The van der Waals surface area contributed by atoms with E-state index in [9.17, 15) is 0 Å². The molecule has 0 fully saturated rings. The van der Waals surface area contributed by atoms with E-state index in [1.165, 1.54) is 219 Å². The molecule has 0 saturated carbocycles. The highest BCUT2D eigenvalue weighted by molar-refractivity contribution is 4.54. The van der Waals surface area contributed by atoms with Gasteiger partial charge in [-0.15, -0.1) is 0 Å². The summed E-state index contributed by atoms with van der Waals surface area (Å²) in [5, 5.41) is 3.66. The summed E-state index contributed by atoms with van der Waals surface area (Å²) in [5.74, 6) is 0. The molecule has 0 spiro atoms. The van der Waals surface area contributed by atoms with Gasteiger partial charge in [0, 0.05) is 0 Å². The number of nitrogens with one attached hydrogen (secondary N) is 1. The predicted octanol–water partition coefficient (Wildman–Crippen LogP) is 12.3. The first-order valence-electron chi connectivity index (χ1n) is 18.6. The maximum absolute atomic E-state index is 3.66. The van der Waals surface area contributed by atoms with Crippen molar-refractivity contribution in [2.75, 3.05) is 33.7 Å². The molecule has 0 aliphatic rings. The van der Waals surface area contributed by atoms with Crippen LogP contribution in [0, 0.1) is 0 Å². The summed E-state index contributed by atoms with van der Waals surface area (Å²) in [4.78, 5) is 2.31. The van der Waals surface area contributed by atoms with Gasteiger partial charge in [0.1, 0.15) is 0 Å². The van der Waals surface area contributed by atoms with E-state index in [2.05, 4.69) is 31.2 Å². The van der Waals surface area contributed by atoms with Crippen molar-refractivity contribution < 1.29 is 0 Å². The van der Waals surface area contributed by atoms with Gasteiger partial charge < -0.3 is 10.2 Å². The Kier molecular flexibility index (Phi) is 35.9. The van der Waals surface area contributed by atoms with Gasteiger partial charge in [-0.1, -0.05) is 187 Å². The van der Waals surface area contributed by atoms with Gasteiger partial charge in [0.15, 0.2) is 0 Å². The van der Waals surface area contributed by atoms with Gasteiger partial charge in [0.25, 0.3) is 0 Å². The Balaban J connectivity index is 3.02. The van der Waals surface area contributed by atoms with Crippen LogP contribution >= 0.6 is 0 Å². The van der Waals surface area contributed by atoms with Gasteiger partial charge in [-0.2, -0.15) is 0 Å². The zero-order valence-electron chi connectivity index (χ0n) is 28.0. The van der Waals surface area contributed by atoms with Crippen LogP contribution in [0.15, 0.2) is 0 Å². The lowest BCUT2D eigenvalue weighted by molar-refractivity contribution is 0.389. The fourth-order valence-corrected chi connectivity index (χ4v) is 5.90. The van der Waals surface area contributed by atoms with E-state index in [1.54, 1.807) is 0 Å². The van der Waals surface area contributed by atoms with Crippen LogP contribution < -0.4 is 5.32 Å². The molecule has 0 unspecified atom stereocenters. The van der Waals surface area contributed by atoms with Gasteiger partial charge in [0.05, 0.1) is 0 Å². The molecular formula is C37H78N2. The number of rotatable bonds is 35. The second-order valence-electron chi connectivity index (χ2n) is 13.2. The lowest BCUT2D eigenvalue weighted by Gasteiger charge is -2.08. The molecule has 0 aliphatic heterocycles. The van der Waals surface area contributed by atoms with Crippen LogP contribution in [0.3, 0.4) is 0 Å². The van der Waals surface area contributed by atoms with Gasteiger partial charge in [-0.25, -0.2) is 0 Å². The van der Waals surface area contributed by atoms with Gasteiger partial charge in [-0.3, -0.25) is 0 Å². The van der Waals surface area contributed by atoms with Crippen LogP contribution in [-0.4, -0.2) is 38.6 Å². The van der Waals surface area contributed by atoms with Crippen molar-refractivity contribution in [2.45, 2.75) is 206 Å². The molecule has 0 aromatic heterocycles. The molecule has 0 aliphatic carbocycles. The van der Waals surface area contributed by atoms with Crippen LogP contribution in [0.25, 0.3) is 0 Å². The van der Waals surface area contributed by atoms with Crippen molar-refractivity contribution in [1.82, 2.24) is 10.2 Å². The van der Waals surface area contributed by atoms with Crippen LogP contribution in [0.2, 0.25) is 0 Å². The summed E-state index contributed by atoms with van der Waals surface area (Å²) in [6.45, 7) is 6.05. The fourth-order valence-electron chi connectivity index (χ4n) is 5.90. The molecule has 0 radical (unpaired) electrons. The quantitative estimate of drug-likeness (QED) is 0.0789. The summed E-state index contributed by atoms with van der Waals surface area (Å²) < 4.78 is 0. The van der Waals surface area contributed by atoms with E-state index in [-0.39, 0.29) is 0 Å². The highest BCUT2D eigenvalue weighted by atomic mass is 15.0. The monoisotopic (exact) mass is 551 g/mol. The highest BCUT2D eigenvalue weighted by Gasteiger charge is 1.97. The molecule has 1 N–H and O–H groups in total. The second kappa shape index (κ2) is 35.9. The SMILES string of the molecule is CCCCCCCCCCNCCCCCCCCCCCCCCCCCCCCCCCCCN(C)C. The lowest BCUT2D eigenvalue weighted by Crippen LogP contribution is -2.16. The van der Waals surface area contributed by atoms with Crippen molar-refractivity contribution in [3.05, 3.63) is 0 Å². The Labute approximate surface area is 249 Å². The Bertz CT molecular complexity index is 408. The van der Waals surface area contributed by atoms with Crippen molar-refractivity contribution >= 4 is 0 Å². The summed E-state index contributed by atoms with van der Waals surface area (Å²) >= 11 is 0. The first kappa shape index (κ1) is 38.9. The molecule has 236 valence electrons. The van der Waals surface area contributed by atoms with Gasteiger partial charge in [0.2, 0.25) is 0 Å². The van der Waals surface area contributed by atoms with E-state index in [0.29, 0.717) is 0 Å². The molecule has 0 saturated heterocycles. The van der Waals surface area contributed by atoms with E-state index < -0.39 is 0 Å². The number of nitrogens with zero attached hydrogens (tertiary/aromatic N) is 1. The average molecular weight is 551 g/mol. The smallest absolute Gasteiger partial charge is 0.00248 e. The van der Waals surface area contributed by atoms with Crippen LogP contribution in [0.1, 0.15) is 206 Å². The molecule has 0 bridgehead atoms. The molecule has 2 nitrogen and oxygen atoms in total. The molecule has 0 amide bonds. The van der Waals surface area contributed by atoms with Gasteiger partial charge in [-0.05, 0) is 53.0 Å². The van der Waals surface area contributed by atoms with E-state index >= 15 is 0 Å². The molecule has 0 aromatic rings. The van der Waals surface area contributed by atoms with Crippen molar-refractivity contribution in [2.24, 2.45) is 0 Å². The normalized spacial score (nSPS) is 11.7. The molecule has 2 heteroatoms. The first-order chi connectivity index (χ1) is 19.3. The molecular weight excluding hydrogens is 472 g/mol. The van der Waals surface area contributed by atoms with Crippen LogP contribution in [-0.2, 0) is 0 Å². The third kappa shape index (κ3) is 37.9. The van der Waals surface area contributed by atoms with Crippen LogP contribution in [0.5, 0.6) is 0 Å². The van der Waals surface area contributed by atoms with Crippen LogP contribution in [0.4, 0.5) is 0 Å². The molecule has 0 rings (SSSR count). The van der Waals surface area contributed by atoms with Crippen molar-refractivity contribution in [1.29, 1.82) is 0 Å². The van der Waals surface area contributed by atoms with Crippen molar-refractivity contribution in [3.8, 4) is 0 Å². The Morgan fingerprint density at radius 3 is 0.795 bits per heavy atom. The Hall–Kier alpha value is -0.0800. The first-order valence-corrected chi connectivity index (χ1v) is 18.6. The van der Waals surface area contributed by atoms with Crippen molar-refractivity contribution in [3.63, 3.8) is 0 Å². The summed E-state index contributed by atoms with van der Waals surface area (Å²) in [6.07, 6.45) is 45.1. The minimum atomic E-state index is 1.24. The molecule has 39 heavy (non-hydrogen) atoms. The number of hydrogen-bond acceptors (Lipinski definition) is 2. The number of unbranched alkanes of at least 4 members (excludes halogenated alkanes) is 29. The molecule has 0 heterocycles. The third-order valence-corrected chi connectivity index (χ3v) is 8.67.